The Morgan fingerprint density at radius 3 is 2.68 bits per heavy atom. The molecule has 3 aromatic carbocycles. The highest BCUT2D eigenvalue weighted by Gasteiger charge is 2.26. The predicted molar refractivity (Wildman–Crippen MR) is 135 cm³/mol. The molecule has 0 N–H and O–H groups in total. The van der Waals surface area contributed by atoms with E-state index in [2.05, 4.69) is 81.4 Å². The number of benzene rings is 3. The van der Waals surface area contributed by atoms with Gasteiger partial charge in [0.1, 0.15) is 11.9 Å². The monoisotopic (exact) mass is 472 g/mol. The molecule has 0 saturated carbocycles. The van der Waals surface area contributed by atoms with Crippen molar-refractivity contribution in [2.45, 2.75) is 32.0 Å². The standard InChI is InChI=1S/C27H28N4O2S/c1-30(19-22-9-5-8-21-7-2-3-11-25(21)22)18-20-6-4-10-24(16-20)33-23-12-14-31(15-13-23)27(32)26-17-28-34-29-26/h2-11,16-17,23H,12-15,18-19H2,1H3. The van der Waals surface area contributed by atoms with Gasteiger partial charge in [0, 0.05) is 39.0 Å². The fraction of sp³-hybridized carbons (Fsp3) is 0.296. The zero-order valence-corrected chi connectivity index (χ0v) is 20.1. The third kappa shape index (κ3) is 5.26. The Balaban J connectivity index is 1.16. The van der Waals surface area contributed by atoms with Crippen molar-refractivity contribution < 1.29 is 9.53 Å². The highest BCUT2D eigenvalue weighted by atomic mass is 32.1. The van der Waals surface area contributed by atoms with Crippen LogP contribution in [0.1, 0.15) is 34.5 Å². The summed E-state index contributed by atoms with van der Waals surface area (Å²) in [6.45, 7) is 3.07. The molecule has 0 atom stereocenters. The molecule has 0 radical (unpaired) electrons. The van der Waals surface area contributed by atoms with Crippen LogP contribution in [-0.4, -0.2) is 50.7 Å². The summed E-state index contributed by atoms with van der Waals surface area (Å²) < 4.78 is 14.3. The van der Waals surface area contributed by atoms with Crippen molar-refractivity contribution in [1.29, 1.82) is 0 Å². The molecule has 0 unspecified atom stereocenters. The van der Waals surface area contributed by atoms with Crippen LogP contribution in [0.25, 0.3) is 10.8 Å². The second-order valence-electron chi connectivity index (χ2n) is 8.86. The second kappa shape index (κ2) is 10.3. The van der Waals surface area contributed by atoms with Crippen LogP contribution in [0.4, 0.5) is 0 Å². The van der Waals surface area contributed by atoms with Crippen LogP contribution in [-0.2, 0) is 13.1 Å². The number of aromatic nitrogens is 2. The SMILES string of the molecule is CN(Cc1cccc(OC2CCN(C(=O)c3cnsn3)CC2)c1)Cc1cccc2ccccc12. The van der Waals surface area contributed by atoms with Crippen molar-refractivity contribution in [3.8, 4) is 5.75 Å². The van der Waals surface area contributed by atoms with Gasteiger partial charge in [-0.05, 0) is 41.1 Å². The number of nitrogens with zero attached hydrogens (tertiary/aromatic N) is 4. The summed E-state index contributed by atoms with van der Waals surface area (Å²) in [6.07, 6.45) is 3.28. The average Bonchev–Trinajstić information content (AvgIpc) is 3.40. The molecule has 1 fully saturated rings. The Hall–Kier alpha value is -3.29. The summed E-state index contributed by atoms with van der Waals surface area (Å²) in [5.74, 6) is 0.855. The fourth-order valence-electron chi connectivity index (χ4n) is 4.60. The van der Waals surface area contributed by atoms with Crippen LogP contribution in [0, 0.1) is 0 Å². The van der Waals surface area contributed by atoms with Crippen LogP contribution in [0.5, 0.6) is 5.75 Å². The number of hydrogen-bond donors (Lipinski definition) is 0. The molecule has 1 aromatic heterocycles. The minimum atomic E-state index is -0.0385. The van der Waals surface area contributed by atoms with Gasteiger partial charge in [0.25, 0.3) is 5.91 Å². The molecule has 4 aromatic rings. The number of ether oxygens (including phenoxy) is 1. The van der Waals surface area contributed by atoms with Gasteiger partial charge in [-0.1, -0.05) is 54.6 Å². The zero-order chi connectivity index (χ0) is 23.3. The van der Waals surface area contributed by atoms with Gasteiger partial charge in [-0.25, -0.2) is 0 Å². The maximum atomic E-state index is 12.5. The van der Waals surface area contributed by atoms with Crippen molar-refractivity contribution in [3.63, 3.8) is 0 Å². The first kappa shape index (κ1) is 22.5. The normalized spacial score (nSPS) is 14.6. The predicted octanol–water partition coefficient (Wildman–Crippen LogP) is 5.01. The summed E-state index contributed by atoms with van der Waals surface area (Å²) in [5, 5.41) is 2.59. The summed E-state index contributed by atoms with van der Waals surface area (Å²) in [7, 11) is 2.15. The Bertz CT molecular complexity index is 1250. The van der Waals surface area contributed by atoms with Gasteiger partial charge in [0.2, 0.25) is 0 Å². The van der Waals surface area contributed by atoms with Gasteiger partial charge < -0.3 is 9.64 Å². The maximum Gasteiger partial charge on any atom is 0.275 e. The van der Waals surface area contributed by atoms with Crippen LogP contribution in [0.15, 0.2) is 72.9 Å². The molecule has 1 saturated heterocycles. The van der Waals surface area contributed by atoms with Gasteiger partial charge in [0.15, 0.2) is 5.69 Å². The van der Waals surface area contributed by atoms with Gasteiger partial charge in [-0.3, -0.25) is 9.69 Å². The molecule has 1 amide bonds. The Morgan fingerprint density at radius 1 is 1.06 bits per heavy atom. The van der Waals surface area contributed by atoms with E-state index in [1.165, 1.54) is 21.9 Å². The first-order chi connectivity index (χ1) is 16.7. The lowest BCUT2D eigenvalue weighted by Crippen LogP contribution is -2.41. The second-order valence-corrected chi connectivity index (χ2v) is 9.42. The Kier molecular flexibility index (Phi) is 6.83. The molecule has 5 rings (SSSR count). The van der Waals surface area contributed by atoms with E-state index in [9.17, 15) is 4.79 Å². The molecule has 2 heterocycles. The van der Waals surface area contributed by atoms with E-state index in [0.29, 0.717) is 18.8 Å². The molecule has 34 heavy (non-hydrogen) atoms. The first-order valence-electron chi connectivity index (χ1n) is 11.6. The summed E-state index contributed by atoms with van der Waals surface area (Å²) >= 11 is 1.06. The van der Waals surface area contributed by atoms with Crippen molar-refractivity contribution in [1.82, 2.24) is 18.5 Å². The van der Waals surface area contributed by atoms with E-state index >= 15 is 0 Å². The van der Waals surface area contributed by atoms with Crippen LogP contribution in [0.2, 0.25) is 0 Å². The topological polar surface area (TPSA) is 58.6 Å². The number of rotatable bonds is 7. The number of likely N-dealkylation sites (tertiary alicyclic amines) is 1. The average molecular weight is 473 g/mol. The van der Waals surface area contributed by atoms with E-state index in [4.69, 9.17) is 4.74 Å². The van der Waals surface area contributed by atoms with E-state index in [0.717, 1.165) is 43.4 Å². The van der Waals surface area contributed by atoms with Gasteiger partial charge in [-0.2, -0.15) is 8.75 Å². The van der Waals surface area contributed by atoms with Crippen LogP contribution in [0.3, 0.4) is 0 Å². The molecular weight excluding hydrogens is 444 g/mol. The molecule has 174 valence electrons. The number of carbonyl (C=O) groups excluding carboxylic acids is 1. The number of piperidine rings is 1. The smallest absolute Gasteiger partial charge is 0.275 e. The lowest BCUT2D eigenvalue weighted by Gasteiger charge is -2.31. The lowest BCUT2D eigenvalue weighted by molar-refractivity contribution is 0.0591. The fourth-order valence-corrected chi connectivity index (χ4v) is 5.00. The van der Waals surface area contributed by atoms with Gasteiger partial charge >= 0.3 is 0 Å². The van der Waals surface area contributed by atoms with Crippen molar-refractivity contribution in [2.75, 3.05) is 20.1 Å². The minimum Gasteiger partial charge on any atom is -0.490 e. The molecule has 7 heteroatoms. The highest BCUT2D eigenvalue weighted by Crippen LogP contribution is 2.23. The molecule has 1 aliphatic heterocycles. The van der Waals surface area contributed by atoms with E-state index in [1.54, 1.807) is 6.20 Å². The number of amides is 1. The van der Waals surface area contributed by atoms with Crippen LogP contribution < -0.4 is 4.74 Å². The summed E-state index contributed by atoms with van der Waals surface area (Å²) in [4.78, 5) is 16.6. The third-order valence-electron chi connectivity index (χ3n) is 6.28. The van der Waals surface area contributed by atoms with Crippen molar-refractivity contribution in [3.05, 3.63) is 89.7 Å². The van der Waals surface area contributed by atoms with E-state index in [-0.39, 0.29) is 12.0 Å². The first-order valence-corrected chi connectivity index (χ1v) is 12.4. The summed E-state index contributed by atoms with van der Waals surface area (Å²) in [6, 6.07) is 23.4. The lowest BCUT2D eigenvalue weighted by atomic mass is 10.0. The van der Waals surface area contributed by atoms with Gasteiger partial charge in [0.05, 0.1) is 17.9 Å². The maximum absolute atomic E-state index is 12.5. The van der Waals surface area contributed by atoms with E-state index < -0.39 is 0 Å². The molecule has 1 aliphatic rings. The number of hydrogen-bond acceptors (Lipinski definition) is 6. The van der Waals surface area contributed by atoms with Crippen molar-refractivity contribution >= 4 is 28.4 Å². The van der Waals surface area contributed by atoms with E-state index in [1.807, 2.05) is 11.0 Å². The minimum absolute atomic E-state index is 0.0385. The zero-order valence-electron chi connectivity index (χ0n) is 19.3. The third-order valence-corrected chi connectivity index (χ3v) is 6.76. The molecule has 0 spiro atoms. The number of carbonyl (C=O) groups is 1. The highest BCUT2D eigenvalue weighted by molar-refractivity contribution is 6.99. The Morgan fingerprint density at radius 2 is 1.85 bits per heavy atom. The molecular formula is C27H28N4O2S. The quantitative estimate of drug-likeness (QED) is 0.379. The molecule has 6 nitrogen and oxygen atoms in total. The van der Waals surface area contributed by atoms with Crippen LogP contribution >= 0.6 is 11.7 Å². The van der Waals surface area contributed by atoms with Gasteiger partial charge in [-0.15, -0.1) is 0 Å². The largest absolute Gasteiger partial charge is 0.490 e. The molecule has 0 bridgehead atoms. The molecule has 0 aliphatic carbocycles. The summed E-state index contributed by atoms with van der Waals surface area (Å²) in [5.41, 5.74) is 3.00. The van der Waals surface area contributed by atoms with Crippen molar-refractivity contribution in [2.24, 2.45) is 0 Å². The number of fused-ring (bicyclic) bond motifs is 1. The Labute approximate surface area is 204 Å².